The van der Waals surface area contributed by atoms with Crippen LogP contribution in [0.5, 0.6) is 0 Å². The van der Waals surface area contributed by atoms with Crippen molar-refractivity contribution in [3.8, 4) is 0 Å². The summed E-state index contributed by atoms with van der Waals surface area (Å²) < 4.78 is 2.07. The fraction of sp³-hybridized carbons (Fsp3) is 0.250. The van der Waals surface area contributed by atoms with E-state index < -0.39 is 5.97 Å². The zero-order valence-electron chi connectivity index (χ0n) is 16.3. The molecule has 3 nitrogen and oxygen atoms in total. The topological polar surface area (TPSA) is 54.4 Å². The van der Waals surface area contributed by atoms with Crippen LogP contribution in [0.4, 0.5) is 0 Å². The van der Waals surface area contributed by atoms with Crippen molar-refractivity contribution in [1.29, 1.82) is 0 Å². The third-order valence-corrected chi connectivity index (χ3v) is 6.03. The van der Waals surface area contributed by atoms with Crippen LogP contribution in [0.1, 0.15) is 49.9 Å². The van der Waals surface area contributed by atoms with Gasteiger partial charge in [-0.1, -0.05) is 31.9 Å². The first-order valence-corrected chi connectivity index (χ1v) is 8.91. The zero-order valence-corrected chi connectivity index (χ0v) is 19.5. The van der Waals surface area contributed by atoms with Gasteiger partial charge in [-0.05, 0) is 81.1 Å². The van der Waals surface area contributed by atoms with E-state index in [9.17, 15) is 9.59 Å². The molecule has 0 saturated carbocycles. The molecule has 2 aromatic carbocycles. The molecule has 136 valence electrons. The first-order valence-electron chi connectivity index (χ1n) is 7.32. The number of carbonyl (C=O) groups excluding carboxylic acids is 1. The number of Topliss-reactive ketones (excluding diaryl/α,β-unsaturated/α-hetero) is 1. The van der Waals surface area contributed by atoms with E-state index in [2.05, 4.69) is 31.9 Å². The maximum Gasteiger partial charge on any atom is 1.00 e. The number of hydrogen-bond donors (Lipinski definition) is 1. The Morgan fingerprint density at radius 2 is 1.04 bits per heavy atom. The molecule has 0 spiro atoms. The average molecular weight is 478 g/mol. The number of aromatic carboxylic acids is 1. The number of aryl methyl sites for hydroxylation is 4. The van der Waals surface area contributed by atoms with Gasteiger partial charge in [-0.25, -0.2) is 4.79 Å². The van der Waals surface area contributed by atoms with Crippen LogP contribution in [0.15, 0.2) is 33.2 Å². The molecule has 0 aromatic heterocycles. The van der Waals surface area contributed by atoms with E-state index in [1.807, 2.05) is 39.8 Å². The van der Waals surface area contributed by atoms with Crippen LogP contribution >= 0.6 is 31.9 Å². The Bertz CT molecular complexity index is 688. The van der Waals surface area contributed by atoms with Crippen molar-refractivity contribution in [2.45, 2.75) is 34.6 Å². The summed E-state index contributed by atoms with van der Waals surface area (Å²) in [6.45, 7) is 9.32. The minimum absolute atomic E-state index is 0. The average Bonchev–Trinajstić information content (AvgIpc) is 2.49. The van der Waals surface area contributed by atoms with E-state index in [0.29, 0.717) is 5.56 Å². The molecule has 2 aromatic rings. The van der Waals surface area contributed by atoms with Crippen molar-refractivity contribution in [2.24, 2.45) is 0 Å². The van der Waals surface area contributed by atoms with Gasteiger partial charge >= 0.3 is 24.8 Å². The fourth-order valence-corrected chi connectivity index (χ4v) is 2.68. The number of carboxylic acids is 1. The van der Waals surface area contributed by atoms with Gasteiger partial charge < -0.3 is 12.5 Å². The summed E-state index contributed by atoms with van der Waals surface area (Å²) in [4.78, 5) is 21.6. The summed E-state index contributed by atoms with van der Waals surface area (Å²) in [5, 5.41) is 8.71. The molecule has 2 rings (SSSR count). The van der Waals surface area contributed by atoms with Gasteiger partial charge in [0.25, 0.3) is 0 Å². The minimum Gasteiger partial charge on any atom is -0.478 e. The molecule has 26 heavy (non-hydrogen) atoms. The van der Waals surface area contributed by atoms with Crippen LogP contribution < -0.4 is 18.9 Å². The van der Waals surface area contributed by atoms with Gasteiger partial charge in [0.1, 0.15) is 0 Å². The Labute approximate surface area is 185 Å². The fourth-order valence-electron chi connectivity index (χ4n) is 2.22. The van der Waals surface area contributed by atoms with Crippen molar-refractivity contribution < 1.29 is 33.6 Å². The second kappa shape index (κ2) is 11.8. The van der Waals surface area contributed by atoms with Crippen LogP contribution in [0.25, 0.3) is 0 Å². The molecule has 0 aliphatic carbocycles. The third-order valence-electron chi connectivity index (χ3n) is 3.53. The van der Waals surface area contributed by atoms with E-state index in [1.165, 1.54) is 0 Å². The summed E-state index contributed by atoms with van der Waals surface area (Å²) in [6, 6.07) is 7.11. The molecule has 0 bridgehead atoms. The Hall–Kier alpha value is -0.863. The van der Waals surface area contributed by atoms with Crippen molar-refractivity contribution in [3.05, 3.63) is 74.0 Å². The van der Waals surface area contributed by atoms with Crippen molar-refractivity contribution in [2.75, 3.05) is 0 Å². The van der Waals surface area contributed by atoms with Crippen LogP contribution in [-0.4, -0.2) is 16.9 Å². The molecule has 0 unspecified atom stereocenters. The monoisotopic (exact) mass is 476 g/mol. The standard InChI is InChI=1S/C10H11BrO.C9H9BrO2.CH3.Li/c1-6-4-9(8(3)12)5-7(2)10(6)11;1-5-3-7(9(11)12)4-6(2)8(5)10;;/h4-5H,1-3H3;3-4H,1-2H3,(H,11,12);1H3;/q;;-1;+1. The number of halogens is 2. The number of ketones is 1. The molecule has 0 fully saturated rings. The van der Waals surface area contributed by atoms with Crippen LogP contribution in [0.2, 0.25) is 0 Å². The molecule has 0 aliphatic heterocycles. The van der Waals surface area contributed by atoms with Crippen LogP contribution in [0.3, 0.4) is 0 Å². The third kappa shape index (κ3) is 7.40. The first-order chi connectivity index (χ1) is 11.0. The minimum atomic E-state index is -0.881. The van der Waals surface area contributed by atoms with E-state index in [1.54, 1.807) is 19.1 Å². The Morgan fingerprint density at radius 3 is 1.27 bits per heavy atom. The summed E-state index contributed by atoms with van der Waals surface area (Å²) >= 11 is 6.82. The van der Waals surface area contributed by atoms with E-state index in [-0.39, 0.29) is 32.1 Å². The molecule has 0 saturated heterocycles. The second-order valence-electron chi connectivity index (χ2n) is 5.71. The van der Waals surface area contributed by atoms with Gasteiger partial charge in [-0.3, -0.25) is 4.79 Å². The number of rotatable bonds is 2. The molecular formula is C20H23Br2LiO3. The summed E-state index contributed by atoms with van der Waals surface area (Å²) in [6.07, 6.45) is 0. The predicted molar refractivity (Wildman–Crippen MR) is 111 cm³/mol. The zero-order chi connectivity index (χ0) is 18.6. The number of carboxylic acid groups (broad SMARTS) is 1. The predicted octanol–water partition coefficient (Wildman–Crippen LogP) is 3.49. The maximum absolute atomic E-state index is 11.0. The maximum atomic E-state index is 11.0. The summed E-state index contributed by atoms with van der Waals surface area (Å²) in [5.74, 6) is -0.762. The number of carbonyl (C=O) groups is 2. The first kappa shape index (κ1) is 27.4. The van der Waals surface area contributed by atoms with Gasteiger partial charge in [0.15, 0.2) is 5.78 Å². The quantitative estimate of drug-likeness (QED) is 0.409. The molecule has 1 N–H and O–H groups in total. The van der Waals surface area contributed by atoms with Gasteiger partial charge in [-0.2, -0.15) is 0 Å². The van der Waals surface area contributed by atoms with Gasteiger partial charge in [-0.15, -0.1) is 0 Å². The Balaban J connectivity index is 0. The molecule has 0 radical (unpaired) electrons. The number of hydrogen-bond acceptors (Lipinski definition) is 2. The van der Waals surface area contributed by atoms with Gasteiger partial charge in [0, 0.05) is 14.5 Å². The molecule has 0 atom stereocenters. The molecular weight excluding hydrogens is 455 g/mol. The van der Waals surface area contributed by atoms with Gasteiger partial charge in [0.2, 0.25) is 0 Å². The molecule has 0 amide bonds. The SMILES string of the molecule is CC(=O)c1cc(C)c(Br)c(C)c1.Cc1cc(C(=O)O)cc(C)c1Br.[CH3-].[Li+]. The number of benzene rings is 2. The Morgan fingerprint density at radius 1 is 0.769 bits per heavy atom. The largest absolute Gasteiger partial charge is 1.00 e. The van der Waals surface area contributed by atoms with E-state index >= 15 is 0 Å². The Kier molecular flexibility index (Phi) is 12.4. The summed E-state index contributed by atoms with van der Waals surface area (Å²) in [7, 11) is 0. The smallest absolute Gasteiger partial charge is 0.478 e. The van der Waals surface area contributed by atoms with E-state index in [0.717, 1.165) is 36.8 Å². The van der Waals surface area contributed by atoms with Gasteiger partial charge in [0.05, 0.1) is 5.56 Å². The van der Waals surface area contributed by atoms with Crippen molar-refractivity contribution in [3.63, 3.8) is 0 Å². The van der Waals surface area contributed by atoms with Crippen LogP contribution in [0, 0.1) is 35.1 Å². The second-order valence-corrected chi connectivity index (χ2v) is 7.30. The van der Waals surface area contributed by atoms with Crippen molar-refractivity contribution in [1.82, 2.24) is 0 Å². The summed E-state index contributed by atoms with van der Waals surface area (Å²) in [5.41, 5.74) is 5.25. The van der Waals surface area contributed by atoms with Crippen LogP contribution in [-0.2, 0) is 0 Å². The van der Waals surface area contributed by atoms with Crippen molar-refractivity contribution >= 4 is 43.6 Å². The van der Waals surface area contributed by atoms with E-state index in [4.69, 9.17) is 5.11 Å². The molecule has 6 heteroatoms. The molecule has 0 aliphatic rings. The molecule has 0 heterocycles. The normalized spacial score (nSPS) is 9.19.